The number of rotatable bonds is 6. The van der Waals surface area contributed by atoms with Gasteiger partial charge in [0.2, 0.25) is 0 Å². The molecule has 0 aliphatic carbocycles. The first-order valence-electron chi connectivity index (χ1n) is 9.73. The number of imidazole rings is 1. The van der Waals surface area contributed by atoms with E-state index in [0.29, 0.717) is 28.3 Å². The van der Waals surface area contributed by atoms with Crippen molar-refractivity contribution in [2.45, 2.75) is 25.4 Å². The lowest BCUT2D eigenvalue weighted by Gasteiger charge is -2.08. The molecule has 164 valence electrons. The molecule has 10 heteroatoms. The molecule has 0 aliphatic heterocycles. The summed E-state index contributed by atoms with van der Waals surface area (Å²) in [5.41, 5.74) is 15.3. The van der Waals surface area contributed by atoms with E-state index in [9.17, 15) is 18.0 Å². The molecular weight excluding hydrogens is 421 g/mol. The highest BCUT2D eigenvalue weighted by Gasteiger charge is 2.27. The predicted octanol–water partition coefficient (Wildman–Crippen LogP) is 4.08. The predicted molar refractivity (Wildman–Crippen MR) is 114 cm³/mol. The minimum Gasteiger partial charge on any atom is -0.394 e. The van der Waals surface area contributed by atoms with Crippen LogP contribution < -0.4 is 11.5 Å². The average molecular weight is 440 g/mol. The fourth-order valence-corrected chi connectivity index (χ4v) is 3.31. The number of halogens is 3. The number of carbonyl (C=O) groups excluding carboxylic acids is 1. The number of ketones is 1. The van der Waals surface area contributed by atoms with Crippen LogP contribution in [0.2, 0.25) is 0 Å². The van der Waals surface area contributed by atoms with Gasteiger partial charge in [0.25, 0.3) is 0 Å². The highest BCUT2D eigenvalue weighted by atomic mass is 19.4. The van der Waals surface area contributed by atoms with Crippen LogP contribution in [0.1, 0.15) is 18.4 Å². The third-order valence-electron chi connectivity index (χ3n) is 4.93. The molecule has 4 aromatic rings. The van der Waals surface area contributed by atoms with Gasteiger partial charge in [-0.15, -0.1) is 0 Å². The second-order valence-electron chi connectivity index (χ2n) is 7.35. The topological polar surface area (TPSA) is 112 Å². The first kappa shape index (κ1) is 21.3. The van der Waals surface area contributed by atoms with E-state index < -0.39 is 24.8 Å². The summed E-state index contributed by atoms with van der Waals surface area (Å²) in [4.78, 5) is 24.7. The maximum Gasteiger partial charge on any atom is 0.389 e. The number of nitrogens with two attached hydrogens (primary N) is 2. The lowest BCUT2D eigenvalue weighted by atomic mass is 10.0. The highest BCUT2D eigenvalue weighted by Crippen LogP contribution is 2.26. The number of hydrogen-bond acceptors (Lipinski definition) is 6. The Kier molecular flexibility index (Phi) is 5.52. The maximum atomic E-state index is 12.3. The second kappa shape index (κ2) is 8.29. The zero-order valence-corrected chi connectivity index (χ0v) is 16.8. The average Bonchev–Trinajstić information content (AvgIpc) is 3.17. The van der Waals surface area contributed by atoms with E-state index in [4.69, 9.17) is 11.5 Å². The standard InChI is InChI=1S/C22H19F3N6O/c23-22(24,25)6-4-16(32)9-13-2-1-3-14(8-13)18-12-28-19-10-15(5-7-31(18)19)21-29-11-17(26)20(27)30-21/h1-3,5,7-8,10-12H,4,6,9,26H2,(H2,27,29,30). The molecule has 4 rings (SSSR count). The van der Waals surface area contributed by atoms with Crippen molar-refractivity contribution in [2.24, 2.45) is 0 Å². The molecule has 0 saturated heterocycles. The van der Waals surface area contributed by atoms with E-state index in [1.165, 1.54) is 6.20 Å². The number of Topliss-reactive ketones (excluding diaryl/α,β-unsaturated/α-hetero) is 1. The zero-order valence-electron chi connectivity index (χ0n) is 16.8. The third kappa shape index (κ3) is 4.69. The summed E-state index contributed by atoms with van der Waals surface area (Å²) in [6.07, 6.45) is -1.09. The quantitative estimate of drug-likeness (QED) is 0.467. The Labute approximate surface area is 180 Å². The van der Waals surface area contributed by atoms with E-state index in [0.717, 1.165) is 11.3 Å². The van der Waals surface area contributed by atoms with Crippen LogP contribution in [0.3, 0.4) is 0 Å². The minimum atomic E-state index is -4.34. The monoisotopic (exact) mass is 440 g/mol. The normalized spacial score (nSPS) is 11.7. The molecule has 32 heavy (non-hydrogen) atoms. The molecule has 1 aromatic carbocycles. The van der Waals surface area contributed by atoms with Crippen molar-refractivity contribution >= 4 is 22.9 Å². The van der Waals surface area contributed by atoms with Crippen molar-refractivity contribution in [1.29, 1.82) is 0 Å². The smallest absolute Gasteiger partial charge is 0.389 e. The molecule has 7 nitrogen and oxygen atoms in total. The number of hydrogen-bond donors (Lipinski definition) is 2. The van der Waals surface area contributed by atoms with Gasteiger partial charge in [-0.1, -0.05) is 18.2 Å². The summed E-state index contributed by atoms with van der Waals surface area (Å²) in [7, 11) is 0. The molecule has 0 aliphatic rings. The summed E-state index contributed by atoms with van der Waals surface area (Å²) in [5.74, 6) is 0.161. The third-order valence-corrected chi connectivity index (χ3v) is 4.93. The number of fused-ring (bicyclic) bond motifs is 1. The molecule has 0 fully saturated rings. The van der Waals surface area contributed by atoms with Crippen LogP contribution in [0, 0.1) is 0 Å². The highest BCUT2D eigenvalue weighted by molar-refractivity contribution is 5.81. The van der Waals surface area contributed by atoms with Gasteiger partial charge in [0.05, 0.1) is 30.2 Å². The second-order valence-corrected chi connectivity index (χ2v) is 7.35. The van der Waals surface area contributed by atoms with Gasteiger partial charge in [-0.05, 0) is 23.8 Å². The van der Waals surface area contributed by atoms with Crippen molar-refractivity contribution in [3.05, 3.63) is 60.6 Å². The number of nitrogen functional groups attached to an aromatic ring is 2. The fourth-order valence-electron chi connectivity index (χ4n) is 3.31. The SMILES string of the molecule is Nc1cnc(-c2ccn3c(-c4cccc(CC(=O)CCC(F)(F)F)c4)cnc3c2)nc1N. The Morgan fingerprint density at radius 2 is 1.84 bits per heavy atom. The summed E-state index contributed by atoms with van der Waals surface area (Å²) >= 11 is 0. The van der Waals surface area contributed by atoms with Crippen molar-refractivity contribution in [3.63, 3.8) is 0 Å². The molecule has 0 amide bonds. The van der Waals surface area contributed by atoms with Gasteiger partial charge in [0.15, 0.2) is 11.6 Å². The van der Waals surface area contributed by atoms with Gasteiger partial charge in [-0.2, -0.15) is 13.2 Å². The zero-order chi connectivity index (χ0) is 22.9. The maximum absolute atomic E-state index is 12.3. The number of carbonyl (C=O) groups is 1. The van der Waals surface area contributed by atoms with Crippen molar-refractivity contribution in [2.75, 3.05) is 11.5 Å². The number of aromatic nitrogens is 4. The molecule has 3 heterocycles. The van der Waals surface area contributed by atoms with E-state index >= 15 is 0 Å². The van der Waals surface area contributed by atoms with Crippen molar-refractivity contribution in [3.8, 4) is 22.6 Å². The van der Waals surface area contributed by atoms with Crippen molar-refractivity contribution in [1.82, 2.24) is 19.4 Å². The van der Waals surface area contributed by atoms with Gasteiger partial charge in [-0.3, -0.25) is 9.20 Å². The summed E-state index contributed by atoms with van der Waals surface area (Å²) in [6, 6.07) is 10.7. The summed E-state index contributed by atoms with van der Waals surface area (Å²) < 4.78 is 38.9. The molecule has 0 saturated carbocycles. The number of alkyl halides is 3. The first-order chi connectivity index (χ1) is 15.2. The van der Waals surface area contributed by atoms with E-state index in [2.05, 4.69) is 15.0 Å². The molecule has 0 radical (unpaired) electrons. The van der Waals surface area contributed by atoms with E-state index in [1.54, 1.807) is 30.5 Å². The molecule has 0 spiro atoms. The molecule has 0 bridgehead atoms. The number of pyridine rings is 1. The van der Waals surface area contributed by atoms with Crippen LogP contribution in [0.5, 0.6) is 0 Å². The molecule has 3 aromatic heterocycles. The largest absolute Gasteiger partial charge is 0.394 e. The fraction of sp³-hybridized carbons (Fsp3) is 0.182. The number of benzene rings is 1. The summed E-state index contributed by atoms with van der Waals surface area (Å²) in [5, 5.41) is 0. The van der Waals surface area contributed by atoms with Crippen LogP contribution in [0.15, 0.2) is 55.0 Å². The Bertz CT molecular complexity index is 1300. The van der Waals surface area contributed by atoms with Crippen LogP contribution >= 0.6 is 0 Å². The van der Waals surface area contributed by atoms with Gasteiger partial charge in [-0.25, -0.2) is 15.0 Å². The van der Waals surface area contributed by atoms with Gasteiger partial charge < -0.3 is 11.5 Å². The Hall–Kier alpha value is -3.95. The van der Waals surface area contributed by atoms with Crippen LogP contribution in [-0.2, 0) is 11.2 Å². The van der Waals surface area contributed by atoms with Gasteiger partial charge >= 0.3 is 6.18 Å². The number of nitrogens with zero attached hydrogens (tertiary/aromatic N) is 4. The Morgan fingerprint density at radius 3 is 2.59 bits per heavy atom. The van der Waals surface area contributed by atoms with Gasteiger partial charge in [0, 0.05) is 30.2 Å². The lowest BCUT2D eigenvalue weighted by Crippen LogP contribution is -2.12. The summed E-state index contributed by atoms with van der Waals surface area (Å²) in [6.45, 7) is 0. The van der Waals surface area contributed by atoms with Crippen LogP contribution in [0.4, 0.5) is 24.7 Å². The molecule has 0 atom stereocenters. The lowest BCUT2D eigenvalue weighted by molar-refractivity contribution is -0.143. The van der Waals surface area contributed by atoms with Crippen LogP contribution in [-0.4, -0.2) is 31.3 Å². The molecular formula is C22H19F3N6O. The number of anilines is 2. The Morgan fingerprint density at radius 1 is 1.03 bits per heavy atom. The van der Waals surface area contributed by atoms with E-state index in [-0.39, 0.29) is 12.2 Å². The van der Waals surface area contributed by atoms with Crippen LogP contribution in [0.25, 0.3) is 28.3 Å². The van der Waals surface area contributed by atoms with Gasteiger partial charge in [0.1, 0.15) is 11.4 Å². The van der Waals surface area contributed by atoms with E-state index in [1.807, 2.05) is 22.7 Å². The molecule has 0 unspecified atom stereocenters. The minimum absolute atomic E-state index is 0.0549. The Balaban J connectivity index is 1.58. The molecule has 4 N–H and O–H groups in total. The first-order valence-corrected chi connectivity index (χ1v) is 9.73. The van der Waals surface area contributed by atoms with Crippen molar-refractivity contribution < 1.29 is 18.0 Å².